The molecule has 0 aliphatic carbocycles. The average molecular weight is 226 g/mol. The lowest BCUT2D eigenvalue weighted by atomic mass is 9.87. The third kappa shape index (κ3) is 2.44. The van der Waals surface area contributed by atoms with E-state index in [0.717, 1.165) is 18.7 Å². The second-order valence-corrected chi connectivity index (χ2v) is 4.45. The van der Waals surface area contributed by atoms with Gasteiger partial charge in [0.15, 0.2) is 0 Å². The fraction of sp³-hybridized carbons (Fsp3) is 0.750. The molecule has 0 bridgehead atoms. The lowest BCUT2D eigenvalue weighted by Gasteiger charge is -2.32. The van der Waals surface area contributed by atoms with Gasteiger partial charge in [-0.1, -0.05) is 20.8 Å². The van der Waals surface area contributed by atoms with Crippen LogP contribution in [0.2, 0.25) is 0 Å². The predicted molar refractivity (Wildman–Crippen MR) is 63.1 cm³/mol. The van der Waals surface area contributed by atoms with Crippen LogP contribution in [0.25, 0.3) is 0 Å². The zero-order chi connectivity index (χ0) is 12.2. The average Bonchev–Trinajstić information content (AvgIpc) is 2.67. The van der Waals surface area contributed by atoms with Gasteiger partial charge < -0.3 is 9.84 Å². The molecule has 0 saturated heterocycles. The molecule has 92 valence electrons. The van der Waals surface area contributed by atoms with Crippen LogP contribution in [0.1, 0.15) is 32.9 Å². The number of methoxy groups -OCH3 is 1. The van der Waals surface area contributed by atoms with Gasteiger partial charge in [0.1, 0.15) is 5.60 Å². The van der Waals surface area contributed by atoms with Crippen molar-refractivity contribution in [2.75, 3.05) is 13.7 Å². The van der Waals surface area contributed by atoms with Crippen LogP contribution in [0.5, 0.6) is 0 Å². The third-order valence-corrected chi connectivity index (χ3v) is 2.92. The lowest BCUT2D eigenvalue weighted by Crippen LogP contribution is -2.39. The van der Waals surface area contributed by atoms with Gasteiger partial charge in [0.25, 0.3) is 0 Å². The van der Waals surface area contributed by atoms with Crippen molar-refractivity contribution in [3.8, 4) is 0 Å². The van der Waals surface area contributed by atoms with Crippen LogP contribution in [-0.2, 0) is 16.9 Å². The number of nitrogens with zero attached hydrogens (tertiary/aromatic N) is 2. The maximum absolute atomic E-state index is 10.7. The van der Waals surface area contributed by atoms with Gasteiger partial charge in [-0.3, -0.25) is 4.68 Å². The summed E-state index contributed by atoms with van der Waals surface area (Å²) in [6, 6.07) is 1.87. The molecule has 4 nitrogen and oxygen atoms in total. The molecule has 1 unspecified atom stereocenters. The molecule has 16 heavy (non-hydrogen) atoms. The summed E-state index contributed by atoms with van der Waals surface area (Å²) in [5.41, 5.74) is -0.119. The monoisotopic (exact) mass is 226 g/mol. The van der Waals surface area contributed by atoms with Crippen LogP contribution in [0, 0.1) is 5.92 Å². The minimum Gasteiger partial charge on any atom is -0.381 e. The summed E-state index contributed by atoms with van der Waals surface area (Å²) < 4.78 is 6.99. The molecule has 0 fully saturated rings. The Morgan fingerprint density at radius 3 is 2.75 bits per heavy atom. The van der Waals surface area contributed by atoms with E-state index in [4.69, 9.17) is 4.74 Å². The molecule has 1 aromatic heterocycles. The second kappa shape index (κ2) is 5.46. The maximum Gasteiger partial charge on any atom is 0.132 e. The van der Waals surface area contributed by atoms with Gasteiger partial charge in [0.2, 0.25) is 0 Å². The molecule has 1 heterocycles. The molecule has 4 heteroatoms. The zero-order valence-corrected chi connectivity index (χ0v) is 10.6. The topological polar surface area (TPSA) is 47.3 Å². The number of hydrogen-bond donors (Lipinski definition) is 1. The number of aromatic nitrogens is 2. The summed E-state index contributed by atoms with van der Waals surface area (Å²) >= 11 is 0. The molecule has 1 N–H and O–H groups in total. The van der Waals surface area contributed by atoms with Crippen molar-refractivity contribution in [2.45, 2.75) is 39.3 Å². The van der Waals surface area contributed by atoms with Crippen LogP contribution in [0.4, 0.5) is 0 Å². The molecule has 0 amide bonds. The van der Waals surface area contributed by atoms with Crippen molar-refractivity contribution in [1.82, 2.24) is 9.78 Å². The lowest BCUT2D eigenvalue weighted by molar-refractivity contribution is -0.0760. The number of aliphatic hydroxyl groups is 1. The first-order chi connectivity index (χ1) is 7.56. The largest absolute Gasteiger partial charge is 0.381 e. The number of rotatable bonds is 6. The summed E-state index contributed by atoms with van der Waals surface area (Å²) in [6.07, 6.45) is 2.73. The molecule has 0 spiro atoms. The molecule has 1 rings (SSSR count). The van der Waals surface area contributed by atoms with Gasteiger partial charge >= 0.3 is 0 Å². The highest BCUT2D eigenvalue weighted by Crippen LogP contribution is 2.29. The summed E-state index contributed by atoms with van der Waals surface area (Å²) in [5, 5.41) is 14.9. The van der Waals surface area contributed by atoms with Crippen molar-refractivity contribution in [3.05, 3.63) is 18.0 Å². The molecular weight excluding hydrogens is 204 g/mol. The van der Waals surface area contributed by atoms with E-state index in [9.17, 15) is 5.11 Å². The van der Waals surface area contributed by atoms with Crippen molar-refractivity contribution < 1.29 is 9.84 Å². The first-order valence-corrected chi connectivity index (χ1v) is 5.79. The van der Waals surface area contributed by atoms with Crippen molar-refractivity contribution in [1.29, 1.82) is 0 Å². The Hall–Kier alpha value is -0.870. The Morgan fingerprint density at radius 2 is 2.25 bits per heavy atom. The van der Waals surface area contributed by atoms with Gasteiger partial charge in [-0.25, -0.2) is 0 Å². The Labute approximate surface area is 97.2 Å². The van der Waals surface area contributed by atoms with Gasteiger partial charge in [-0.15, -0.1) is 0 Å². The standard InChI is InChI=1S/C12H22N2O2/c1-5-8-14-11(6-7-13-14)12(15,9-16-4)10(2)3/h6-7,10,15H,5,8-9H2,1-4H3. The molecule has 0 aliphatic heterocycles. The molecule has 1 atom stereocenters. The van der Waals surface area contributed by atoms with E-state index in [1.54, 1.807) is 13.3 Å². The fourth-order valence-corrected chi connectivity index (χ4v) is 1.85. The van der Waals surface area contributed by atoms with Crippen LogP contribution in [-0.4, -0.2) is 28.6 Å². The summed E-state index contributed by atoms with van der Waals surface area (Å²) in [6.45, 7) is 7.18. The van der Waals surface area contributed by atoms with Crippen LogP contribution in [0.15, 0.2) is 12.3 Å². The van der Waals surface area contributed by atoms with Gasteiger partial charge in [-0.05, 0) is 18.4 Å². The Balaban J connectivity index is 3.05. The van der Waals surface area contributed by atoms with E-state index in [0.29, 0.717) is 6.61 Å². The van der Waals surface area contributed by atoms with Crippen molar-refractivity contribution >= 4 is 0 Å². The fourth-order valence-electron chi connectivity index (χ4n) is 1.85. The Morgan fingerprint density at radius 1 is 1.56 bits per heavy atom. The number of hydrogen-bond acceptors (Lipinski definition) is 3. The SMILES string of the molecule is CCCn1nccc1C(O)(COC)C(C)C. The summed E-state index contributed by atoms with van der Waals surface area (Å²) in [7, 11) is 1.61. The van der Waals surface area contributed by atoms with Gasteiger partial charge in [0, 0.05) is 19.9 Å². The van der Waals surface area contributed by atoms with Gasteiger partial charge in [0.05, 0.1) is 12.3 Å². The predicted octanol–water partition coefficient (Wildman–Crippen LogP) is 1.78. The highest BCUT2D eigenvalue weighted by atomic mass is 16.5. The van der Waals surface area contributed by atoms with Crippen molar-refractivity contribution in [2.24, 2.45) is 5.92 Å². The van der Waals surface area contributed by atoms with Crippen LogP contribution in [0.3, 0.4) is 0 Å². The number of ether oxygens (including phenoxy) is 1. The van der Waals surface area contributed by atoms with Crippen molar-refractivity contribution in [3.63, 3.8) is 0 Å². The number of aryl methyl sites for hydroxylation is 1. The first-order valence-electron chi connectivity index (χ1n) is 5.79. The summed E-state index contributed by atoms with van der Waals surface area (Å²) in [4.78, 5) is 0. The molecular formula is C12H22N2O2. The smallest absolute Gasteiger partial charge is 0.132 e. The Kier molecular flexibility index (Phi) is 4.50. The van der Waals surface area contributed by atoms with E-state index in [2.05, 4.69) is 12.0 Å². The quantitative estimate of drug-likeness (QED) is 0.804. The van der Waals surface area contributed by atoms with Gasteiger partial charge in [-0.2, -0.15) is 5.10 Å². The molecule has 1 aromatic rings. The normalized spacial score (nSPS) is 15.4. The van der Waals surface area contributed by atoms with E-state index < -0.39 is 5.60 Å². The van der Waals surface area contributed by atoms with E-state index in [-0.39, 0.29) is 5.92 Å². The third-order valence-electron chi connectivity index (χ3n) is 2.92. The molecule has 0 radical (unpaired) electrons. The van der Waals surface area contributed by atoms with E-state index >= 15 is 0 Å². The highest BCUT2D eigenvalue weighted by molar-refractivity contribution is 5.13. The minimum atomic E-state index is -0.958. The van der Waals surface area contributed by atoms with Crippen LogP contribution >= 0.6 is 0 Å². The molecule has 0 aliphatic rings. The summed E-state index contributed by atoms with van der Waals surface area (Å²) in [5.74, 6) is 0.0831. The maximum atomic E-state index is 10.7. The Bertz CT molecular complexity index is 323. The molecule has 0 aromatic carbocycles. The molecule has 0 saturated carbocycles. The van der Waals surface area contributed by atoms with Crippen LogP contribution < -0.4 is 0 Å². The van der Waals surface area contributed by atoms with E-state index in [1.807, 2.05) is 24.6 Å². The highest BCUT2D eigenvalue weighted by Gasteiger charge is 2.36. The first kappa shape index (κ1) is 13.2. The zero-order valence-electron chi connectivity index (χ0n) is 10.6. The van der Waals surface area contributed by atoms with E-state index in [1.165, 1.54) is 0 Å². The minimum absolute atomic E-state index is 0.0831. The second-order valence-electron chi connectivity index (χ2n) is 4.45.